The Morgan fingerprint density at radius 2 is 0.914 bits per heavy atom. The second kappa shape index (κ2) is 11.5. The summed E-state index contributed by atoms with van der Waals surface area (Å²) >= 11 is 0. The van der Waals surface area contributed by atoms with Crippen molar-refractivity contribution in [3.63, 3.8) is 0 Å². The van der Waals surface area contributed by atoms with Crippen LogP contribution in [0.15, 0.2) is 206 Å². The molecule has 1 unspecified atom stereocenters. The molecule has 1 atom stereocenters. The van der Waals surface area contributed by atoms with Gasteiger partial charge in [-0.2, -0.15) is 0 Å². The van der Waals surface area contributed by atoms with Crippen LogP contribution in [0.25, 0.3) is 44.5 Å². The van der Waals surface area contributed by atoms with E-state index >= 15 is 4.39 Å². The molecule has 3 heteroatoms. The van der Waals surface area contributed by atoms with Gasteiger partial charge in [0.05, 0.1) is 16.8 Å². The van der Waals surface area contributed by atoms with Crippen molar-refractivity contribution in [1.82, 2.24) is 0 Å². The predicted molar refractivity (Wildman–Crippen MR) is 239 cm³/mol. The van der Waals surface area contributed by atoms with Crippen LogP contribution >= 0.6 is 0 Å². The van der Waals surface area contributed by atoms with Crippen molar-refractivity contribution in [3.05, 3.63) is 234 Å². The van der Waals surface area contributed by atoms with E-state index in [1.54, 1.807) is 6.07 Å². The highest BCUT2D eigenvalue weighted by Gasteiger charge is 2.55. The summed E-state index contributed by atoms with van der Waals surface area (Å²) in [5.74, 6) is -0.187. The molecule has 0 aromatic heterocycles. The molecule has 3 heterocycles. The number of halogens is 1. The smallest absolute Gasteiger partial charge is 0.182 e. The molecule has 0 amide bonds. The van der Waals surface area contributed by atoms with Gasteiger partial charge in [0, 0.05) is 11.3 Å². The van der Waals surface area contributed by atoms with Gasteiger partial charge in [-0.05, 0) is 118 Å². The molecule has 0 saturated heterocycles. The van der Waals surface area contributed by atoms with E-state index in [0.29, 0.717) is 5.56 Å². The number of hydrogen-bond acceptors (Lipinski definition) is 1. The summed E-state index contributed by atoms with van der Waals surface area (Å²) in [6, 6.07) is 75.2. The average molecular weight is 756 g/mol. The van der Waals surface area contributed by atoms with E-state index in [-0.39, 0.29) is 5.82 Å². The van der Waals surface area contributed by atoms with Gasteiger partial charge < -0.3 is 4.90 Å². The van der Waals surface area contributed by atoms with Crippen molar-refractivity contribution in [2.24, 2.45) is 0 Å². The number of anilines is 3. The van der Waals surface area contributed by atoms with Crippen LogP contribution in [0.3, 0.4) is 0 Å². The third-order valence-corrected chi connectivity index (χ3v) is 18.5. The molecule has 0 fully saturated rings. The number of benzene rings is 9. The average Bonchev–Trinajstić information content (AvgIpc) is 3.88. The van der Waals surface area contributed by atoms with Crippen molar-refractivity contribution >= 4 is 45.9 Å². The maximum Gasteiger partial charge on any atom is 0.182 e. The summed E-state index contributed by atoms with van der Waals surface area (Å²) in [6.07, 6.45) is 0. The Hall–Kier alpha value is -7.07. The van der Waals surface area contributed by atoms with Crippen LogP contribution in [-0.4, -0.2) is 8.07 Å². The second-order valence-electron chi connectivity index (χ2n) is 16.0. The molecule has 13 rings (SSSR count). The summed E-state index contributed by atoms with van der Waals surface area (Å²) in [5, 5.41) is 5.83. The standard InChI is InChI=1S/C55H34FNSi/c56-47-24-14-23-45-54(47)42-20-4-8-21-43(42)55(45)44-22-9-10-25-48(44)57(49-32-29-36(33-46(49)55)35-15-2-1-3-16-35)37-30-31-41-40-19-7-13-28-52(40)58(53(41)34-37)50-26-11-5-17-38(50)39-18-6-12-27-51(39)58/h1-34H. The fourth-order valence-corrected chi connectivity index (χ4v) is 17.1. The molecule has 9 aromatic rings. The first-order valence-electron chi connectivity index (χ1n) is 20.1. The van der Waals surface area contributed by atoms with E-state index in [2.05, 4.69) is 193 Å². The van der Waals surface area contributed by atoms with Gasteiger partial charge in [-0.3, -0.25) is 0 Å². The molecule has 0 saturated carbocycles. The first-order chi connectivity index (χ1) is 28.7. The number of fused-ring (bicyclic) bond motifs is 19. The fraction of sp³-hybridized carbons (Fsp3) is 0.0182. The van der Waals surface area contributed by atoms with E-state index in [4.69, 9.17) is 0 Å². The number of hydrogen-bond donors (Lipinski definition) is 0. The van der Waals surface area contributed by atoms with E-state index in [1.807, 2.05) is 12.1 Å². The summed E-state index contributed by atoms with van der Waals surface area (Å²) < 4.78 is 16.3. The third kappa shape index (κ3) is 3.80. The molecule has 0 radical (unpaired) electrons. The Bertz CT molecular complexity index is 3160. The highest BCUT2D eigenvalue weighted by Crippen LogP contribution is 2.64. The quantitative estimate of drug-likeness (QED) is 0.159. The molecule has 1 aliphatic carbocycles. The molecule has 0 bridgehead atoms. The van der Waals surface area contributed by atoms with Crippen LogP contribution in [0.1, 0.15) is 22.3 Å². The summed E-state index contributed by atoms with van der Waals surface area (Å²) in [4.78, 5) is 2.49. The largest absolute Gasteiger partial charge is 0.310 e. The molecule has 9 aromatic carbocycles. The third-order valence-electron chi connectivity index (χ3n) is 13.6. The van der Waals surface area contributed by atoms with Gasteiger partial charge in [-0.15, -0.1) is 0 Å². The van der Waals surface area contributed by atoms with Gasteiger partial charge in [-0.25, -0.2) is 4.39 Å². The molecule has 2 spiro atoms. The molecule has 270 valence electrons. The topological polar surface area (TPSA) is 3.24 Å². The summed E-state index contributed by atoms with van der Waals surface area (Å²) in [7, 11) is -2.68. The highest BCUT2D eigenvalue weighted by atomic mass is 28.3. The minimum absolute atomic E-state index is 0.187. The maximum atomic E-state index is 16.3. The van der Waals surface area contributed by atoms with Gasteiger partial charge in [0.2, 0.25) is 0 Å². The van der Waals surface area contributed by atoms with Crippen LogP contribution in [0.2, 0.25) is 0 Å². The van der Waals surface area contributed by atoms with E-state index in [9.17, 15) is 0 Å². The van der Waals surface area contributed by atoms with Crippen LogP contribution < -0.4 is 25.6 Å². The lowest BCUT2D eigenvalue weighted by molar-refractivity contribution is 0.628. The van der Waals surface area contributed by atoms with Gasteiger partial charge >= 0.3 is 0 Å². The molecule has 3 aliphatic heterocycles. The Morgan fingerprint density at radius 1 is 0.362 bits per heavy atom. The summed E-state index contributed by atoms with van der Waals surface area (Å²) in [6.45, 7) is 0. The van der Waals surface area contributed by atoms with E-state index in [1.165, 1.54) is 43.0 Å². The first kappa shape index (κ1) is 32.1. The Balaban J connectivity index is 1.13. The molecular weight excluding hydrogens is 722 g/mol. The van der Waals surface area contributed by atoms with E-state index < -0.39 is 13.5 Å². The van der Waals surface area contributed by atoms with Gasteiger partial charge in [0.25, 0.3) is 0 Å². The van der Waals surface area contributed by atoms with Crippen molar-refractivity contribution in [3.8, 4) is 44.5 Å². The minimum Gasteiger partial charge on any atom is -0.310 e. The zero-order valence-corrected chi connectivity index (χ0v) is 32.5. The lowest BCUT2D eigenvalue weighted by atomic mass is 9.64. The summed E-state index contributed by atoms with van der Waals surface area (Å²) in [5.41, 5.74) is 16.3. The van der Waals surface area contributed by atoms with Crippen molar-refractivity contribution in [2.45, 2.75) is 5.41 Å². The van der Waals surface area contributed by atoms with Crippen molar-refractivity contribution in [1.29, 1.82) is 0 Å². The van der Waals surface area contributed by atoms with Crippen LogP contribution in [0.5, 0.6) is 0 Å². The maximum absolute atomic E-state index is 16.3. The first-order valence-corrected chi connectivity index (χ1v) is 22.1. The normalized spacial score (nSPS) is 16.5. The predicted octanol–water partition coefficient (Wildman–Crippen LogP) is 11.0. The molecule has 0 N–H and O–H groups in total. The zero-order chi connectivity index (χ0) is 38.2. The van der Waals surface area contributed by atoms with Crippen LogP contribution in [0, 0.1) is 5.82 Å². The number of rotatable bonds is 2. The minimum atomic E-state index is -2.68. The van der Waals surface area contributed by atoms with Gasteiger partial charge in [0.15, 0.2) is 8.07 Å². The fourth-order valence-electron chi connectivity index (χ4n) is 11.5. The lowest BCUT2D eigenvalue weighted by Gasteiger charge is -2.45. The molecule has 58 heavy (non-hydrogen) atoms. The monoisotopic (exact) mass is 755 g/mol. The second-order valence-corrected chi connectivity index (χ2v) is 19.7. The van der Waals surface area contributed by atoms with E-state index in [0.717, 1.165) is 56.0 Å². The Labute approximate surface area is 338 Å². The Morgan fingerprint density at radius 3 is 1.62 bits per heavy atom. The zero-order valence-electron chi connectivity index (χ0n) is 31.5. The molecule has 1 nitrogen and oxygen atoms in total. The van der Waals surface area contributed by atoms with Crippen molar-refractivity contribution in [2.75, 3.05) is 4.90 Å². The number of para-hydroxylation sites is 1. The highest BCUT2D eigenvalue weighted by molar-refractivity contribution is 7.24. The van der Waals surface area contributed by atoms with Gasteiger partial charge in [-0.1, -0.05) is 170 Å². The van der Waals surface area contributed by atoms with Crippen LogP contribution in [-0.2, 0) is 5.41 Å². The Kier molecular flexibility index (Phi) is 6.36. The molecule has 4 aliphatic rings. The van der Waals surface area contributed by atoms with Crippen molar-refractivity contribution < 1.29 is 4.39 Å². The lowest BCUT2D eigenvalue weighted by Crippen LogP contribution is -2.70. The number of nitrogens with zero attached hydrogens (tertiary/aromatic N) is 1. The molecular formula is C55H34FNSi. The SMILES string of the molecule is Fc1cccc2c1-c1ccccc1C21c2ccccc2N(c2ccc3c(c2)[Si]2(c4ccccc4-c4ccccc42)c2ccccc2-3)c2ccc(-c3ccccc3)cc21. The van der Waals surface area contributed by atoms with Crippen LogP contribution in [0.4, 0.5) is 21.5 Å². The van der Waals surface area contributed by atoms with Gasteiger partial charge in [0.1, 0.15) is 5.82 Å².